The van der Waals surface area contributed by atoms with Crippen LogP contribution in [0.1, 0.15) is 35.0 Å². The number of aryl methyl sites for hydroxylation is 3. The van der Waals surface area contributed by atoms with Gasteiger partial charge in [0, 0.05) is 24.4 Å². The topological polar surface area (TPSA) is 121 Å². The van der Waals surface area contributed by atoms with E-state index in [-0.39, 0.29) is 5.82 Å². The number of anilines is 1. The van der Waals surface area contributed by atoms with Gasteiger partial charge in [0.05, 0.1) is 24.5 Å². The number of rotatable bonds is 12. The van der Waals surface area contributed by atoms with E-state index in [1.165, 1.54) is 6.20 Å². The van der Waals surface area contributed by atoms with Crippen molar-refractivity contribution < 1.29 is 9.66 Å². The molecule has 182 valence electrons. The summed E-state index contributed by atoms with van der Waals surface area (Å²) in [5.41, 5.74) is 2.55. The van der Waals surface area contributed by atoms with Gasteiger partial charge in [-0.1, -0.05) is 11.6 Å². The van der Waals surface area contributed by atoms with E-state index in [0.717, 1.165) is 40.6 Å². The Balaban J connectivity index is 1.43. The van der Waals surface area contributed by atoms with Crippen LogP contribution in [0.4, 0.5) is 11.6 Å². The molecule has 0 saturated carbocycles. The van der Waals surface area contributed by atoms with Crippen LogP contribution in [0, 0.1) is 37.8 Å². The molecular weight excluding hydrogens is 478 g/mol. The van der Waals surface area contributed by atoms with Gasteiger partial charge in [-0.05, 0) is 43.9 Å². The molecular formula is C22H28ClN7O3S. The molecule has 3 rings (SSSR count). The largest absolute Gasteiger partial charge is 0.493 e. The third-order valence-corrected chi connectivity index (χ3v) is 6.68. The van der Waals surface area contributed by atoms with Gasteiger partial charge in [-0.15, -0.1) is 0 Å². The number of aromatic nitrogens is 5. The van der Waals surface area contributed by atoms with Crippen LogP contribution >= 0.6 is 23.4 Å². The monoisotopic (exact) mass is 505 g/mol. The van der Waals surface area contributed by atoms with Crippen LogP contribution < -0.4 is 10.1 Å². The standard InChI is InChI=1S/C22H28ClN7O3S/c1-14-18(12-26-22-21(23)15(2)27-16(3)28-22)24-7-6-19(14)33-9-5-10-34-11-8-29-17(4)25-13-20(29)30(31)32/h6-7,13H,5,8-12H2,1-4H3,(H,26,27,28). The first-order valence-corrected chi connectivity index (χ1v) is 12.4. The van der Waals surface area contributed by atoms with E-state index in [0.29, 0.717) is 42.2 Å². The zero-order valence-electron chi connectivity index (χ0n) is 19.7. The van der Waals surface area contributed by atoms with Gasteiger partial charge in [0.2, 0.25) is 0 Å². The molecule has 0 aliphatic carbocycles. The first-order chi connectivity index (χ1) is 16.3. The Kier molecular flexibility index (Phi) is 9.05. The van der Waals surface area contributed by atoms with E-state index in [9.17, 15) is 10.1 Å². The minimum atomic E-state index is -0.399. The molecule has 0 aromatic carbocycles. The van der Waals surface area contributed by atoms with Gasteiger partial charge in [-0.2, -0.15) is 11.8 Å². The molecule has 0 unspecified atom stereocenters. The number of hydrogen-bond acceptors (Lipinski definition) is 9. The van der Waals surface area contributed by atoms with Crippen LogP contribution in [0.5, 0.6) is 5.75 Å². The predicted octanol–water partition coefficient (Wildman–Crippen LogP) is 4.68. The van der Waals surface area contributed by atoms with Crippen molar-refractivity contribution >= 4 is 35.0 Å². The first-order valence-electron chi connectivity index (χ1n) is 10.8. The summed E-state index contributed by atoms with van der Waals surface area (Å²) in [5.74, 6) is 4.39. The van der Waals surface area contributed by atoms with E-state index in [1.54, 1.807) is 29.4 Å². The number of nitrogens with one attached hydrogen (secondary N) is 1. The van der Waals surface area contributed by atoms with Gasteiger partial charge in [-0.25, -0.2) is 19.5 Å². The highest BCUT2D eigenvalue weighted by Crippen LogP contribution is 2.25. The number of ether oxygens (including phenoxy) is 1. The second-order valence-electron chi connectivity index (χ2n) is 7.64. The fourth-order valence-corrected chi connectivity index (χ4v) is 4.35. The molecule has 0 atom stereocenters. The molecule has 1 N–H and O–H groups in total. The van der Waals surface area contributed by atoms with E-state index >= 15 is 0 Å². The second kappa shape index (κ2) is 12.0. The van der Waals surface area contributed by atoms with Gasteiger partial charge < -0.3 is 20.2 Å². The molecule has 0 fully saturated rings. The molecule has 0 aliphatic rings. The zero-order valence-corrected chi connectivity index (χ0v) is 21.2. The smallest absolute Gasteiger partial charge is 0.342 e. The van der Waals surface area contributed by atoms with Crippen LogP contribution in [-0.2, 0) is 13.1 Å². The van der Waals surface area contributed by atoms with Crippen molar-refractivity contribution in [3.8, 4) is 5.75 Å². The molecule has 3 aromatic rings. The van der Waals surface area contributed by atoms with Crippen molar-refractivity contribution in [2.75, 3.05) is 23.4 Å². The Morgan fingerprint density at radius 2 is 2.00 bits per heavy atom. The third-order valence-electron chi connectivity index (χ3n) is 5.18. The summed E-state index contributed by atoms with van der Waals surface area (Å²) in [5, 5.41) is 14.8. The van der Waals surface area contributed by atoms with Crippen molar-refractivity contribution in [1.82, 2.24) is 24.5 Å². The van der Waals surface area contributed by atoms with Crippen LogP contribution in [-0.4, -0.2) is 47.5 Å². The molecule has 3 heterocycles. The summed E-state index contributed by atoms with van der Waals surface area (Å²) in [6.45, 7) is 9.03. The summed E-state index contributed by atoms with van der Waals surface area (Å²) >= 11 is 8.05. The minimum absolute atomic E-state index is 0.0344. The summed E-state index contributed by atoms with van der Waals surface area (Å²) in [6, 6.07) is 1.86. The molecule has 34 heavy (non-hydrogen) atoms. The van der Waals surface area contributed by atoms with Crippen molar-refractivity contribution in [2.45, 2.75) is 47.2 Å². The normalized spacial score (nSPS) is 11.0. The van der Waals surface area contributed by atoms with Crippen molar-refractivity contribution in [2.24, 2.45) is 0 Å². The zero-order chi connectivity index (χ0) is 24.7. The summed E-state index contributed by atoms with van der Waals surface area (Å²) in [7, 11) is 0. The van der Waals surface area contributed by atoms with Crippen molar-refractivity contribution in [3.63, 3.8) is 0 Å². The van der Waals surface area contributed by atoms with Crippen molar-refractivity contribution in [1.29, 1.82) is 0 Å². The lowest BCUT2D eigenvalue weighted by atomic mass is 10.2. The van der Waals surface area contributed by atoms with E-state index in [2.05, 4.69) is 25.3 Å². The second-order valence-corrected chi connectivity index (χ2v) is 9.24. The number of halogens is 1. The Morgan fingerprint density at radius 3 is 2.76 bits per heavy atom. The van der Waals surface area contributed by atoms with E-state index in [1.807, 2.05) is 26.8 Å². The maximum Gasteiger partial charge on any atom is 0.342 e. The number of hydrogen-bond donors (Lipinski definition) is 1. The molecule has 0 spiro atoms. The quantitative estimate of drug-likeness (QED) is 0.212. The molecule has 0 amide bonds. The number of nitro groups is 1. The number of imidazole rings is 1. The van der Waals surface area contributed by atoms with Gasteiger partial charge in [-0.3, -0.25) is 4.98 Å². The summed E-state index contributed by atoms with van der Waals surface area (Å²) < 4.78 is 7.61. The molecule has 10 nitrogen and oxygen atoms in total. The van der Waals surface area contributed by atoms with Crippen LogP contribution in [0.2, 0.25) is 5.02 Å². The Hall–Kier alpha value is -2.92. The third kappa shape index (κ3) is 6.57. The van der Waals surface area contributed by atoms with Gasteiger partial charge in [0.15, 0.2) is 5.82 Å². The number of thioether (sulfide) groups is 1. The van der Waals surface area contributed by atoms with Crippen LogP contribution in [0.25, 0.3) is 0 Å². The molecule has 0 saturated heterocycles. The molecule has 0 aliphatic heterocycles. The maximum absolute atomic E-state index is 11.1. The lowest BCUT2D eigenvalue weighted by Gasteiger charge is -2.14. The van der Waals surface area contributed by atoms with Crippen LogP contribution in [0.3, 0.4) is 0 Å². The lowest BCUT2D eigenvalue weighted by molar-refractivity contribution is -0.392. The fourth-order valence-electron chi connectivity index (χ4n) is 3.36. The lowest BCUT2D eigenvalue weighted by Crippen LogP contribution is -2.09. The summed E-state index contributed by atoms with van der Waals surface area (Å²) in [6.07, 6.45) is 3.89. The Bertz CT molecular complexity index is 1160. The minimum Gasteiger partial charge on any atom is -0.493 e. The van der Waals surface area contributed by atoms with Gasteiger partial charge >= 0.3 is 5.82 Å². The predicted molar refractivity (Wildman–Crippen MR) is 134 cm³/mol. The molecule has 3 aromatic heterocycles. The Morgan fingerprint density at radius 1 is 1.21 bits per heavy atom. The molecule has 0 bridgehead atoms. The molecule has 12 heteroatoms. The van der Waals surface area contributed by atoms with Gasteiger partial charge in [0.25, 0.3) is 0 Å². The number of nitrogens with zero attached hydrogens (tertiary/aromatic N) is 6. The van der Waals surface area contributed by atoms with Crippen molar-refractivity contribution in [3.05, 3.63) is 62.2 Å². The highest BCUT2D eigenvalue weighted by atomic mass is 35.5. The van der Waals surface area contributed by atoms with Gasteiger partial charge in [0.1, 0.15) is 35.2 Å². The number of pyridine rings is 1. The SMILES string of the molecule is Cc1nc(C)c(Cl)c(NCc2nccc(OCCCSCCn3c([N+](=O)[O-])cnc3C)c2C)n1. The van der Waals surface area contributed by atoms with Crippen LogP contribution in [0.15, 0.2) is 18.5 Å². The average molecular weight is 506 g/mol. The van der Waals surface area contributed by atoms with E-state index in [4.69, 9.17) is 16.3 Å². The summed E-state index contributed by atoms with van der Waals surface area (Å²) in [4.78, 5) is 27.8. The molecule has 0 radical (unpaired) electrons. The fraction of sp³-hybridized carbons (Fsp3) is 0.455. The maximum atomic E-state index is 11.1. The highest BCUT2D eigenvalue weighted by Gasteiger charge is 2.16. The average Bonchev–Trinajstić information content (AvgIpc) is 3.16. The first kappa shape index (κ1) is 25.7. The Labute approximate surface area is 207 Å². The van der Waals surface area contributed by atoms with E-state index < -0.39 is 4.92 Å². The highest BCUT2D eigenvalue weighted by molar-refractivity contribution is 7.99.